The predicted octanol–water partition coefficient (Wildman–Crippen LogP) is 3.58. The monoisotopic (exact) mass is 912 g/mol. The first-order valence-electron chi connectivity index (χ1n) is 22.3. The fraction of sp³-hybridized carbons (Fsp3) is 0.500. The fourth-order valence-corrected chi connectivity index (χ4v) is 7.38. The van der Waals surface area contributed by atoms with Crippen LogP contribution in [0.4, 0.5) is 11.9 Å². The number of aromatic nitrogens is 10. The normalized spacial score (nSPS) is 14.8. The number of carboxylic acids is 2. The molecule has 354 valence electrons. The Hall–Kier alpha value is -6.62. The number of carbonyl (C=O) groups is 2. The molecule has 0 radical (unpaired) electrons. The topological polar surface area (TPSA) is 255 Å². The van der Waals surface area contributed by atoms with Crippen LogP contribution in [0.25, 0.3) is 22.3 Å². The number of rotatable bonds is 20. The van der Waals surface area contributed by atoms with Gasteiger partial charge in [-0.3, -0.25) is 18.9 Å². The molecule has 0 amide bonds. The molecule has 6 aromatic heterocycles. The van der Waals surface area contributed by atoms with Crippen molar-refractivity contribution >= 4 is 46.2 Å². The largest absolute Gasteiger partial charge is 0.473 e. The molecule has 0 unspecified atom stereocenters. The molecule has 4 N–H and O–H groups in total. The summed E-state index contributed by atoms with van der Waals surface area (Å²) in [6, 6.07) is 13.1. The molecule has 22 heteroatoms. The van der Waals surface area contributed by atoms with E-state index in [1.165, 1.54) is 0 Å². The third kappa shape index (κ3) is 15.2. The Labute approximate surface area is 382 Å². The van der Waals surface area contributed by atoms with Crippen LogP contribution in [0.5, 0.6) is 12.0 Å². The number of hydrogen-bond donors (Lipinski definition) is 4. The van der Waals surface area contributed by atoms with E-state index in [1.807, 2.05) is 50.5 Å². The maximum atomic E-state index is 9.10. The summed E-state index contributed by atoms with van der Waals surface area (Å²) in [6.45, 7) is 15.2. The van der Waals surface area contributed by atoms with Gasteiger partial charge in [-0.05, 0) is 75.9 Å². The van der Waals surface area contributed by atoms with Crippen LogP contribution in [0.15, 0.2) is 73.6 Å². The van der Waals surface area contributed by atoms with Crippen molar-refractivity contribution in [2.24, 2.45) is 0 Å². The molecule has 8 heterocycles. The van der Waals surface area contributed by atoms with E-state index in [1.54, 1.807) is 36.9 Å². The molecule has 66 heavy (non-hydrogen) atoms. The van der Waals surface area contributed by atoms with E-state index in [0.717, 1.165) is 112 Å². The number of fused-ring (bicyclic) bond motifs is 2. The summed E-state index contributed by atoms with van der Waals surface area (Å²) in [7, 11) is 0. The van der Waals surface area contributed by atoms with Crippen LogP contribution < -0.4 is 20.1 Å². The number of ether oxygens (including phenoxy) is 4. The Morgan fingerprint density at radius 3 is 1.30 bits per heavy atom. The lowest BCUT2D eigenvalue weighted by molar-refractivity contribution is -0.159. The first kappa shape index (κ1) is 48.8. The molecule has 22 nitrogen and oxygen atoms in total. The van der Waals surface area contributed by atoms with Gasteiger partial charge in [-0.2, -0.15) is 0 Å². The van der Waals surface area contributed by atoms with E-state index in [0.29, 0.717) is 63.7 Å². The standard InChI is InChI=1S/2C21H29N7O2.C2H2O4/c2*1-2-29-15-14-28-19-18(5-3-8-22-19)26-20(28)25-17-6-11-27(12-7-17)13-16-30-21-23-9-4-10-24-21;3-1(4)2(5)6/h2*3-5,8-10,17H,2,6-7,11-16H2,1H3,(H,25,26);(H,3,4)(H,5,6). The third-order valence-electron chi connectivity index (χ3n) is 10.7. The highest BCUT2D eigenvalue weighted by Crippen LogP contribution is 2.23. The number of anilines is 2. The summed E-state index contributed by atoms with van der Waals surface area (Å²) in [6.07, 6.45) is 14.6. The summed E-state index contributed by atoms with van der Waals surface area (Å²) < 4.78 is 26.6. The SMILES string of the molecule is CCOCCn1c(NC2CCN(CCOc3ncccn3)CC2)nc2cccnc21.CCOCCn1c(NC2CCN(CCOc3ncccn3)CC2)nc2cccnc21.O=C(O)C(=O)O. The van der Waals surface area contributed by atoms with Gasteiger partial charge in [-0.25, -0.2) is 49.5 Å². The molecule has 0 atom stereocenters. The van der Waals surface area contributed by atoms with Crippen LogP contribution in [-0.4, -0.2) is 172 Å². The maximum absolute atomic E-state index is 9.10. The Kier molecular flexibility index (Phi) is 19.5. The van der Waals surface area contributed by atoms with Crippen molar-refractivity contribution in [3.8, 4) is 12.0 Å². The van der Waals surface area contributed by atoms with Gasteiger partial charge in [0.2, 0.25) is 11.9 Å². The lowest BCUT2D eigenvalue weighted by Gasteiger charge is -2.32. The molecule has 2 saturated heterocycles. The van der Waals surface area contributed by atoms with Crippen molar-refractivity contribution in [1.82, 2.24) is 58.8 Å². The Morgan fingerprint density at radius 1 is 0.561 bits per heavy atom. The van der Waals surface area contributed by atoms with Crippen molar-refractivity contribution in [2.45, 2.75) is 64.7 Å². The van der Waals surface area contributed by atoms with Gasteiger partial charge in [-0.15, -0.1) is 0 Å². The summed E-state index contributed by atoms with van der Waals surface area (Å²) in [5.74, 6) is -1.89. The number of likely N-dealkylation sites (tertiary alicyclic amines) is 2. The van der Waals surface area contributed by atoms with Crippen LogP contribution in [0.1, 0.15) is 39.5 Å². The fourth-order valence-electron chi connectivity index (χ4n) is 7.38. The zero-order valence-electron chi connectivity index (χ0n) is 37.5. The van der Waals surface area contributed by atoms with Gasteiger partial charge >= 0.3 is 24.0 Å². The number of piperidine rings is 2. The van der Waals surface area contributed by atoms with E-state index >= 15 is 0 Å². The minimum Gasteiger partial charge on any atom is -0.473 e. The average molecular weight is 913 g/mol. The van der Waals surface area contributed by atoms with Gasteiger partial charge < -0.3 is 39.8 Å². The molecule has 0 saturated carbocycles. The Bertz CT molecular complexity index is 2180. The first-order valence-corrected chi connectivity index (χ1v) is 22.3. The Balaban J connectivity index is 0.000000194. The lowest BCUT2D eigenvalue weighted by Crippen LogP contribution is -2.41. The molecular weight excluding hydrogens is 853 g/mol. The van der Waals surface area contributed by atoms with Crippen molar-refractivity contribution < 1.29 is 38.7 Å². The van der Waals surface area contributed by atoms with Gasteiger partial charge in [0, 0.05) is 102 Å². The number of imidazole rings is 2. The van der Waals surface area contributed by atoms with Crippen LogP contribution in [0.2, 0.25) is 0 Å². The quantitative estimate of drug-likeness (QED) is 0.0631. The van der Waals surface area contributed by atoms with Crippen molar-refractivity contribution in [3.63, 3.8) is 0 Å². The molecule has 0 bridgehead atoms. The highest BCUT2D eigenvalue weighted by Gasteiger charge is 2.23. The summed E-state index contributed by atoms with van der Waals surface area (Å²) in [5, 5.41) is 22.1. The number of pyridine rings is 2. The van der Waals surface area contributed by atoms with Crippen molar-refractivity contribution in [1.29, 1.82) is 0 Å². The summed E-state index contributed by atoms with van der Waals surface area (Å²) in [5.41, 5.74) is 3.62. The van der Waals surface area contributed by atoms with E-state index in [2.05, 4.69) is 59.5 Å². The molecule has 0 spiro atoms. The van der Waals surface area contributed by atoms with Crippen molar-refractivity contribution in [2.75, 3.05) is 89.5 Å². The third-order valence-corrected chi connectivity index (χ3v) is 10.7. The van der Waals surface area contributed by atoms with Gasteiger partial charge in [0.15, 0.2) is 11.3 Å². The molecule has 8 rings (SSSR count). The lowest BCUT2D eigenvalue weighted by atomic mass is 10.1. The van der Waals surface area contributed by atoms with Gasteiger partial charge in [0.1, 0.15) is 24.2 Å². The molecule has 0 aromatic carbocycles. The van der Waals surface area contributed by atoms with Crippen molar-refractivity contribution in [3.05, 3.63) is 73.6 Å². The molecule has 2 fully saturated rings. The first-order chi connectivity index (χ1) is 32.3. The Morgan fingerprint density at radius 2 is 0.939 bits per heavy atom. The van der Waals surface area contributed by atoms with E-state index < -0.39 is 11.9 Å². The summed E-state index contributed by atoms with van der Waals surface area (Å²) in [4.78, 5) is 58.0. The smallest absolute Gasteiger partial charge is 0.414 e. The predicted molar refractivity (Wildman–Crippen MR) is 245 cm³/mol. The highest BCUT2D eigenvalue weighted by molar-refractivity contribution is 6.27. The minimum absolute atomic E-state index is 0.391. The number of aliphatic carboxylic acids is 2. The van der Waals surface area contributed by atoms with Gasteiger partial charge in [-0.1, -0.05) is 0 Å². The second-order valence-electron chi connectivity index (χ2n) is 15.2. The van der Waals surface area contributed by atoms with E-state index in [4.69, 9.17) is 48.7 Å². The zero-order chi connectivity index (χ0) is 46.4. The number of nitrogens with zero attached hydrogens (tertiary/aromatic N) is 12. The van der Waals surface area contributed by atoms with Crippen LogP contribution >= 0.6 is 0 Å². The van der Waals surface area contributed by atoms with Crippen LogP contribution in [0.3, 0.4) is 0 Å². The number of carboxylic acid groups (broad SMARTS) is 2. The molecular formula is C44H60N14O8. The average Bonchev–Trinajstić information content (AvgIpc) is 3.87. The van der Waals surface area contributed by atoms with Gasteiger partial charge in [0.05, 0.1) is 26.3 Å². The van der Waals surface area contributed by atoms with Gasteiger partial charge in [0.25, 0.3) is 0 Å². The maximum Gasteiger partial charge on any atom is 0.414 e. The second-order valence-corrected chi connectivity index (χ2v) is 15.2. The summed E-state index contributed by atoms with van der Waals surface area (Å²) >= 11 is 0. The van der Waals surface area contributed by atoms with Crippen LogP contribution in [-0.2, 0) is 32.2 Å². The molecule has 2 aliphatic heterocycles. The zero-order valence-corrected chi connectivity index (χ0v) is 37.5. The van der Waals surface area contributed by atoms with Crippen LogP contribution in [0, 0.1) is 0 Å². The minimum atomic E-state index is -1.82. The van der Waals surface area contributed by atoms with E-state index in [9.17, 15) is 0 Å². The molecule has 2 aliphatic rings. The number of nitrogens with one attached hydrogen (secondary N) is 2. The highest BCUT2D eigenvalue weighted by atomic mass is 16.5. The second kappa shape index (κ2) is 26.4. The van der Waals surface area contributed by atoms with E-state index in [-0.39, 0.29) is 0 Å². The number of hydrogen-bond acceptors (Lipinski definition) is 18. The molecule has 6 aromatic rings. The molecule has 0 aliphatic carbocycles.